The van der Waals surface area contributed by atoms with Crippen molar-refractivity contribution in [3.05, 3.63) is 102 Å². The molecule has 0 radical (unpaired) electrons. The Hall–Kier alpha value is -3.60. The topological polar surface area (TPSA) is 58.6 Å². The standard InChI is InChI=1S/C29H34N2O3/c1-4-30-29(33)27(19-23-11-7-5-8-12-23)31(20-24-13-9-6-10-14-24)28(32)21-34-26-17-15-25(16-18-26)22(2)3/h5-18,22,27H,4,19-21H2,1-3H3,(H,30,33)/t27-/m0/s1. The van der Waals surface area contributed by atoms with Crippen LogP contribution >= 0.6 is 0 Å². The highest BCUT2D eigenvalue weighted by Crippen LogP contribution is 2.19. The number of benzene rings is 3. The number of amides is 2. The molecule has 1 N–H and O–H groups in total. The molecule has 3 rings (SSSR count). The molecule has 0 fully saturated rings. The van der Waals surface area contributed by atoms with Crippen LogP contribution < -0.4 is 10.1 Å². The van der Waals surface area contributed by atoms with E-state index in [1.54, 1.807) is 4.90 Å². The lowest BCUT2D eigenvalue weighted by atomic mass is 10.0. The first-order chi connectivity index (χ1) is 16.5. The molecule has 0 aromatic heterocycles. The molecule has 0 aliphatic carbocycles. The molecule has 5 heteroatoms. The Morgan fingerprint density at radius 2 is 1.44 bits per heavy atom. The molecule has 0 saturated heterocycles. The Morgan fingerprint density at radius 1 is 0.853 bits per heavy atom. The van der Waals surface area contributed by atoms with Gasteiger partial charge in [0.05, 0.1) is 0 Å². The van der Waals surface area contributed by atoms with E-state index in [-0.39, 0.29) is 18.4 Å². The van der Waals surface area contributed by atoms with Crippen LogP contribution in [0.4, 0.5) is 0 Å². The number of rotatable bonds is 11. The third-order valence-corrected chi connectivity index (χ3v) is 5.73. The molecule has 0 bridgehead atoms. The SMILES string of the molecule is CCNC(=O)[C@H](Cc1ccccc1)N(Cc1ccccc1)C(=O)COc1ccc(C(C)C)cc1. The summed E-state index contributed by atoms with van der Waals surface area (Å²) in [6.45, 7) is 6.83. The fourth-order valence-electron chi connectivity index (χ4n) is 3.80. The Bertz CT molecular complexity index is 1030. The van der Waals surface area contributed by atoms with Gasteiger partial charge < -0.3 is 15.0 Å². The molecular weight excluding hydrogens is 424 g/mol. The summed E-state index contributed by atoms with van der Waals surface area (Å²) in [5, 5.41) is 2.90. The molecule has 178 valence electrons. The molecule has 0 aliphatic heterocycles. The second-order valence-corrected chi connectivity index (χ2v) is 8.62. The van der Waals surface area contributed by atoms with Crippen LogP contribution in [0.25, 0.3) is 0 Å². The maximum absolute atomic E-state index is 13.5. The Morgan fingerprint density at radius 3 is 2.00 bits per heavy atom. The maximum Gasteiger partial charge on any atom is 0.261 e. The van der Waals surface area contributed by atoms with E-state index in [4.69, 9.17) is 4.74 Å². The summed E-state index contributed by atoms with van der Waals surface area (Å²) in [4.78, 5) is 28.2. The van der Waals surface area contributed by atoms with E-state index < -0.39 is 6.04 Å². The van der Waals surface area contributed by atoms with Gasteiger partial charge in [-0.25, -0.2) is 0 Å². The molecule has 3 aromatic carbocycles. The van der Waals surface area contributed by atoms with Crippen molar-refractivity contribution in [2.24, 2.45) is 0 Å². The van der Waals surface area contributed by atoms with E-state index in [2.05, 4.69) is 19.2 Å². The van der Waals surface area contributed by atoms with E-state index in [0.29, 0.717) is 31.2 Å². The first kappa shape index (κ1) is 25.0. The zero-order valence-electron chi connectivity index (χ0n) is 20.2. The second-order valence-electron chi connectivity index (χ2n) is 8.62. The van der Waals surface area contributed by atoms with Gasteiger partial charge in [0.2, 0.25) is 5.91 Å². The first-order valence-electron chi connectivity index (χ1n) is 11.9. The summed E-state index contributed by atoms with van der Waals surface area (Å²) in [7, 11) is 0. The van der Waals surface area contributed by atoms with Crippen molar-refractivity contribution in [2.45, 2.75) is 45.7 Å². The van der Waals surface area contributed by atoms with Crippen molar-refractivity contribution in [1.82, 2.24) is 10.2 Å². The van der Waals surface area contributed by atoms with E-state index in [9.17, 15) is 9.59 Å². The molecule has 0 aliphatic rings. The Labute approximate surface area is 202 Å². The highest BCUT2D eigenvalue weighted by Gasteiger charge is 2.30. The molecule has 2 amide bonds. The summed E-state index contributed by atoms with van der Waals surface area (Å²) in [6, 6.07) is 26.6. The summed E-state index contributed by atoms with van der Waals surface area (Å²) in [6.07, 6.45) is 0.425. The number of hydrogen-bond donors (Lipinski definition) is 1. The van der Waals surface area contributed by atoms with Crippen LogP contribution in [0.5, 0.6) is 5.75 Å². The minimum atomic E-state index is -0.651. The van der Waals surface area contributed by atoms with Gasteiger partial charge in [0.15, 0.2) is 6.61 Å². The monoisotopic (exact) mass is 458 g/mol. The van der Waals surface area contributed by atoms with Gasteiger partial charge in [0.25, 0.3) is 5.91 Å². The van der Waals surface area contributed by atoms with Crippen molar-refractivity contribution >= 4 is 11.8 Å². The van der Waals surface area contributed by atoms with Crippen LogP contribution in [0.2, 0.25) is 0 Å². The lowest BCUT2D eigenvalue weighted by Crippen LogP contribution is -2.51. The first-order valence-corrected chi connectivity index (χ1v) is 11.9. The predicted octanol–water partition coefficient (Wildman–Crippen LogP) is 4.97. The van der Waals surface area contributed by atoms with Crippen molar-refractivity contribution in [3.63, 3.8) is 0 Å². The summed E-state index contributed by atoms with van der Waals surface area (Å²) >= 11 is 0. The summed E-state index contributed by atoms with van der Waals surface area (Å²) in [5.41, 5.74) is 3.16. The lowest BCUT2D eigenvalue weighted by molar-refractivity contribution is -0.142. The number of nitrogens with one attached hydrogen (secondary N) is 1. The van der Waals surface area contributed by atoms with Crippen LogP contribution in [0.1, 0.15) is 43.4 Å². The van der Waals surface area contributed by atoms with E-state index in [1.807, 2.05) is 91.9 Å². The molecule has 5 nitrogen and oxygen atoms in total. The average molecular weight is 459 g/mol. The molecule has 0 saturated carbocycles. The van der Waals surface area contributed by atoms with Gasteiger partial charge in [-0.05, 0) is 41.7 Å². The van der Waals surface area contributed by atoms with Gasteiger partial charge in [-0.2, -0.15) is 0 Å². The van der Waals surface area contributed by atoms with Gasteiger partial charge in [-0.1, -0.05) is 86.6 Å². The van der Waals surface area contributed by atoms with Crippen molar-refractivity contribution in [1.29, 1.82) is 0 Å². The van der Waals surface area contributed by atoms with Crippen molar-refractivity contribution < 1.29 is 14.3 Å². The fourth-order valence-corrected chi connectivity index (χ4v) is 3.80. The number of carbonyl (C=O) groups excluding carboxylic acids is 2. The second kappa shape index (κ2) is 12.6. The summed E-state index contributed by atoms with van der Waals surface area (Å²) in [5.74, 6) is 0.656. The minimum Gasteiger partial charge on any atom is -0.484 e. The molecular formula is C29H34N2O3. The highest BCUT2D eigenvalue weighted by atomic mass is 16.5. The molecule has 34 heavy (non-hydrogen) atoms. The van der Waals surface area contributed by atoms with Gasteiger partial charge in [0, 0.05) is 19.5 Å². The van der Waals surface area contributed by atoms with Gasteiger partial charge in [-0.15, -0.1) is 0 Å². The minimum absolute atomic E-state index is 0.140. The third-order valence-electron chi connectivity index (χ3n) is 5.73. The largest absolute Gasteiger partial charge is 0.484 e. The molecule has 0 heterocycles. The van der Waals surface area contributed by atoms with Crippen LogP contribution in [0.3, 0.4) is 0 Å². The molecule has 0 unspecified atom stereocenters. The number of nitrogens with zero attached hydrogens (tertiary/aromatic N) is 1. The maximum atomic E-state index is 13.5. The number of carbonyl (C=O) groups is 2. The lowest BCUT2D eigenvalue weighted by Gasteiger charge is -2.31. The number of likely N-dealkylation sites (N-methyl/N-ethyl adjacent to an activating group) is 1. The quantitative estimate of drug-likeness (QED) is 0.442. The van der Waals surface area contributed by atoms with E-state index in [1.165, 1.54) is 5.56 Å². The van der Waals surface area contributed by atoms with E-state index in [0.717, 1.165) is 11.1 Å². The van der Waals surface area contributed by atoms with Crippen LogP contribution in [0.15, 0.2) is 84.9 Å². The molecule has 3 aromatic rings. The highest BCUT2D eigenvalue weighted by molar-refractivity contribution is 5.88. The normalized spacial score (nSPS) is 11.6. The van der Waals surface area contributed by atoms with Crippen LogP contribution in [-0.2, 0) is 22.6 Å². The third kappa shape index (κ3) is 7.20. The number of hydrogen-bond acceptors (Lipinski definition) is 3. The van der Waals surface area contributed by atoms with E-state index >= 15 is 0 Å². The molecule has 1 atom stereocenters. The summed E-state index contributed by atoms with van der Waals surface area (Å²) < 4.78 is 5.84. The average Bonchev–Trinajstić information content (AvgIpc) is 2.86. The zero-order valence-corrected chi connectivity index (χ0v) is 20.2. The zero-order chi connectivity index (χ0) is 24.3. The number of ether oxygens (including phenoxy) is 1. The van der Waals surface area contributed by atoms with Crippen molar-refractivity contribution in [3.8, 4) is 5.75 Å². The Kier molecular flexibility index (Phi) is 9.27. The predicted molar refractivity (Wildman–Crippen MR) is 136 cm³/mol. The van der Waals surface area contributed by atoms with Crippen molar-refractivity contribution in [2.75, 3.05) is 13.2 Å². The van der Waals surface area contributed by atoms with Gasteiger partial charge >= 0.3 is 0 Å². The van der Waals surface area contributed by atoms with Crippen LogP contribution in [0, 0.1) is 0 Å². The fraction of sp³-hybridized carbons (Fsp3) is 0.310. The van der Waals surface area contributed by atoms with Crippen LogP contribution in [-0.4, -0.2) is 35.9 Å². The van der Waals surface area contributed by atoms with Gasteiger partial charge in [-0.3, -0.25) is 9.59 Å². The smallest absolute Gasteiger partial charge is 0.261 e. The Balaban J connectivity index is 1.83. The molecule has 0 spiro atoms. The van der Waals surface area contributed by atoms with Gasteiger partial charge in [0.1, 0.15) is 11.8 Å².